The van der Waals surface area contributed by atoms with Gasteiger partial charge in [-0.2, -0.15) is 0 Å². The molecule has 3 rings (SSSR count). The Morgan fingerprint density at radius 2 is 1.85 bits per heavy atom. The fourth-order valence-corrected chi connectivity index (χ4v) is 3.84. The summed E-state index contributed by atoms with van der Waals surface area (Å²) in [4.78, 5) is 16.4. The van der Waals surface area contributed by atoms with Crippen molar-refractivity contribution in [2.45, 2.75) is 19.8 Å². The first-order chi connectivity index (χ1) is 12.6. The van der Waals surface area contributed by atoms with Crippen LogP contribution in [0.25, 0.3) is 6.08 Å². The molecule has 1 heterocycles. The van der Waals surface area contributed by atoms with Crippen LogP contribution in [0.15, 0.2) is 62.1 Å². The van der Waals surface area contributed by atoms with Gasteiger partial charge in [0.1, 0.15) is 5.75 Å². The second-order valence-corrected chi connectivity index (χ2v) is 7.43. The number of hydrogen-bond acceptors (Lipinski definition) is 4. The molecule has 134 valence electrons. The molecule has 0 saturated carbocycles. The van der Waals surface area contributed by atoms with Gasteiger partial charge in [0.05, 0.1) is 15.6 Å². The fourth-order valence-electron chi connectivity index (χ4n) is 2.39. The maximum absolute atomic E-state index is 12.1. The van der Waals surface area contributed by atoms with Gasteiger partial charge in [-0.3, -0.25) is 0 Å². The first-order valence-electron chi connectivity index (χ1n) is 8.28. The van der Waals surface area contributed by atoms with Crippen LogP contribution in [-0.4, -0.2) is 18.5 Å². The van der Waals surface area contributed by atoms with Crippen LogP contribution in [-0.2, 0) is 9.53 Å². The highest BCUT2D eigenvalue weighted by molar-refractivity contribution is 9.11. The van der Waals surface area contributed by atoms with E-state index in [9.17, 15) is 4.79 Å². The molecule has 4 nitrogen and oxygen atoms in total. The summed E-state index contributed by atoms with van der Waals surface area (Å²) in [6.45, 7) is 2.78. The monoisotopic (exact) mass is 477 g/mol. The molecule has 2 aromatic rings. The number of aliphatic imine (C=N–C) groups is 1. The van der Waals surface area contributed by atoms with E-state index in [0.29, 0.717) is 12.5 Å². The number of cyclic esters (lactones) is 1. The standard InChI is InChI=1S/C20H17Br2NO3/c1-2-3-9-25-18-15(21)10-13(11-16(18)22)12-17-20(24)26-19(23-17)14-7-5-4-6-8-14/h4-8,10-12H,2-3,9H2,1H3/b17-12-. The molecule has 0 aliphatic carbocycles. The molecule has 0 fully saturated rings. The van der Waals surface area contributed by atoms with Gasteiger partial charge in [-0.1, -0.05) is 31.5 Å². The first kappa shape index (κ1) is 18.9. The Labute approximate surface area is 169 Å². The summed E-state index contributed by atoms with van der Waals surface area (Å²) < 4.78 is 12.7. The maximum atomic E-state index is 12.1. The van der Waals surface area contributed by atoms with Crippen LogP contribution >= 0.6 is 31.9 Å². The second kappa shape index (κ2) is 8.64. The van der Waals surface area contributed by atoms with Crippen molar-refractivity contribution in [2.24, 2.45) is 4.99 Å². The molecule has 1 aliphatic rings. The molecule has 0 amide bonds. The summed E-state index contributed by atoms with van der Waals surface area (Å²) in [6.07, 6.45) is 3.76. The molecule has 0 aromatic heterocycles. The lowest BCUT2D eigenvalue weighted by molar-refractivity contribution is -0.129. The Hall–Kier alpha value is -1.92. The summed E-state index contributed by atoms with van der Waals surface area (Å²) in [6, 6.07) is 13.1. The predicted octanol–water partition coefficient (Wildman–Crippen LogP) is 5.74. The molecular formula is C20H17Br2NO3. The average Bonchev–Trinajstić information content (AvgIpc) is 2.99. The van der Waals surface area contributed by atoms with Crippen LogP contribution in [0.3, 0.4) is 0 Å². The first-order valence-corrected chi connectivity index (χ1v) is 9.87. The van der Waals surface area contributed by atoms with Gasteiger partial charge in [-0.15, -0.1) is 0 Å². The number of benzene rings is 2. The third kappa shape index (κ3) is 4.43. The van der Waals surface area contributed by atoms with Crippen molar-refractivity contribution < 1.29 is 14.3 Å². The smallest absolute Gasteiger partial charge is 0.363 e. The van der Waals surface area contributed by atoms with Gasteiger partial charge in [0, 0.05) is 5.56 Å². The van der Waals surface area contributed by atoms with Crippen molar-refractivity contribution in [1.82, 2.24) is 0 Å². The molecule has 0 saturated heterocycles. The SMILES string of the molecule is CCCCOc1c(Br)cc(/C=C2\N=C(c3ccccc3)OC2=O)cc1Br. The van der Waals surface area contributed by atoms with Crippen LogP contribution in [0, 0.1) is 0 Å². The van der Waals surface area contributed by atoms with Crippen LogP contribution in [0.2, 0.25) is 0 Å². The van der Waals surface area contributed by atoms with Crippen molar-refractivity contribution in [3.05, 3.63) is 68.2 Å². The van der Waals surface area contributed by atoms with Gasteiger partial charge >= 0.3 is 5.97 Å². The summed E-state index contributed by atoms with van der Waals surface area (Å²) in [5, 5.41) is 0. The van der Waals surface area contributed by atoms with Crippen LogP contribution < -0.4 is 4.74 Å². The van der Waals surface area contributed by atoms with Crippen molar-refractivity contribution >= 4 is 49.8 Å². The second-order valence-electron chi connectivity index (χ2n) is 5.72. The minimum Gasteiger partial charge on any atom is -0.491 e. The number of carbonyl (C=O) groups is 1. The number of nitrogens with zero attached hydrogens (tertiary/aromatic N) is 1. The van der Waals surface area contributed by atoms with Gasteiger partial charge in [-0.25, -0.2) is 9.79 Å². The number of carbonyl (C=O) groups excluding carboxylic acids is 1. The minimum absolute atomic E-state index is 0.266. The Kier molecular flexibility index (Phi) is 6.27. The predicted molar refractivity (Wildman–Crippen MR) is 109 cm³/mol. The highest BCUT2D eigenvalue weighted by Gasteiger charge is 2.24. The fraction of sp³-hybridized carbons (Fsp3) is 0.200. The van der Waals surface area contributed by atoms with E-state index in [1.807, 2.05) is 42.5 Å². The van der Waals surface area contributed by atoms with Gasteiger partial charge in [0.25, 0.3) is 0 Å². The van der Waals surface area contributed by atoms with Crippen LogP contribution in [0.4, 0.5) is 0 Å². The molecule has 26 heavy (non-hydrogen) atoms. The summed E-state index contributed by atoms with van der Waals surface area (Å²) in [5.74, 6) is 0.613. The molecule has 0 bridgehead atoms. The lowest BCUT2D eigenvalue weighted by Gasteiger charge is -2.11. The van der Waals surface area contributed by atoms with Crippen molar-refractivity contribution in [1.29, 1.82) is 0 Å². The molecule has 1 aliphatic heterocycles. The van der Waals surface area contributed by atoms with Gasteiger partial charge in [0.15, 0.2) is 5.70 Å². The Morgan fingerprint density at radius 1 is 1.15 bits per heavy atom. The van der Waals surface area contributed by atoms with E-state index in [-0.39, 0.29) is 5.70 Å². The van der Waals surface area contributed by atoms with E-state index >= 15 is 0 Å². The topological polar surface area (TPSA) is 47.9 Å². The number of esters is 1. The Balaban J connectivity index is 1.85. The molecule has 0 atom stereocenters. The largest absolute Gasteiger partial charge is 0.491 e. The minimum atomic E-state index is -0.459. The van der Waals surface area contributed by atoms with Crippen molar-refractivity contribution in [3.8, 4) is 5.75 Å². The molecule has 0 radical (unpaired) electrons. The number of unbranched alkanes of at least 4 members (excludes halogenated alkanes) is 1. The van der Waals surface area contributed by atoms with Crippen molar-refractivity contribution in [2.75, 3.05) is 6.61 Å². The highest BCUT2D eigenvalue weighted by atomic mass is 79.9. The molecule has 2 aromatic carbocycles. The zero-order valence-electron chi connectivity index (χ0n) is 14.2. The number of ether oxygens (including phenoxy) is 2. The van der Waals surface area contributed by atoms with Crippen LogP contribution in [0.1, 0.15) is 30.9 Å². The molecular weight excluding hydrogens is 462 g/mol. The number of hydrogen-bond donors (Lipinski definition) is 0. The lowest BCUT2D eigenvalue weighted by atomic mass is 10.2. The molecule has 0 spiro atoms. The molecule has 0 unspecified atom stereocenters. The van der Waals surface area contributed by atoms with E-state index < -0.39 is 5.97 Å². The molecule has 0 N–H and O–H groups in total. The average molecular weight is 479 g/mol. The maximum Gasteiger partial charge on any atom is 0.363 e. The molecule has 6 heteroatoms. The zero-order valence-corrected chi connectivity index (χ0v) is 17.3. The summed E-state index contributed by atoms with van der Waals surface area (Å²) in [7, 11) is 0. The van der Waals surface area contributed by atoms with Gasteiger partial charge in [-0.05, 0) is 74.2 Å². The number of rotatable bonds is 6. The van der Waals surface area contributed by atoms with E-state index in [1.165, 1.54) is 0 Å². The quantitative estimate of drug-likeness (QED) is 0.302. The van der Waals surface area contributed by atoms with E-state index in [4.69, 9.17) is 9.47 Å². The number of halogens is 2. The normalized spacial score (nSPS) is 15.1. The Morgan fingerprint density at radius 3 is 2.50 bits per heavy atom. The van der Waals surface area contributed by atoms with Crippen molar-refractivity contribution in [3.63, 3.8) is 0 Å². The van der Waals surface area contributed by atoms with Gasteiger partial charge < -0.3 is 9.47 Å². The zero-order chi connectivity index (χ0) is 18.5. The third-order valence-corrected chi connectivity index (χ3v) is 4.89. The van der Waals surface area contributed by atoms with E-state index in [0.717, 1.165) is 38.7 Å². The summed E-state index contributed by atoms with van der Waals surface area (Å²) >= 11 is 7.05. The Bertz CT molecular complexity index is 853. The highest BCUT2D eigenvalue weighted by Crippen LogP contribution is 2.36. The summed E-state index contributed by atoms with van der Waals surface area (Å²) in [5.41, 5.74) is 1.85. The van der Waals surface area contributed by atoms with Gasteiger partial charge in [0.2, 0.25) is 5.90 Å². The lowest BCUT2D eigenvalue weighted by Crippen LogP contribution is -2.04. The van der Waals surface area contributed by atoms with E-state index in [1.54, 1.807) is 6.08 Å². The van der Waals surface area contributed by atoms with Crippen LogP contribution in [0.5, 0.6) is 5.75 Å². The third-order valence-electron chi connectivity index (χ3n) is 3.71. The van der Waals surface area contributed by atoms with E-state index in [2.05, 4.69) is 43.8 Å².